The van der Waals surface area contributed by atoms with Crippen molar-refractivity contribution in [1.29, 1.82) is 0 Å². The molecule has 0 bridgehead atoms. The summed E-state index contributed by atoms with van der Waals surface area (Å²) in [6, 6.07) is 5.76. The minimum atomic E-state index is 0.718. The summed E-state index contributed by atoms with van der Waals surface area (Å²) in [5.41, 5.74) is 1.14. The monoisotopic (exact) mass is 269 g/mol. The molecule has 0 spiro atoms. The van der Waals surface area contributed by atoms with Crippen LogP contribution < -0.4 is 10.1 Å². The zero-order valence-electron chi connectivity index (χ0n) is 11.6. The van der Waals surface area contributed by atoms with Crippen molar-refractivity contribution in [3.63, 3.8) is 0 Å². The molecule has 0 aliphatic carbocycles. The van der Waals surface area contributed by atoms with E-state index in [2.05, 4.69) is 19.2 Å². The van der Waals surface area contributed by atoms with Crippen LogP contribution in [-0.4, -0.2) is 19.7 Å². The summed E-state index contributed by atoms with van der Waals surface area (Å²) >= 11 is 5.94. The fraction of sp³-hybridized carbons (Fsp3) is 0.600. The Labute approximate surface area is 116 Å². The average Bonchev–Trinajstić information content (AvgIpc) is 2.32. The Balaban J connectivity index is 2.12. The maximum Gasteiger partial charge on any atom is 0.123 e. The van der Waals surface area contributed by atoms with Gasteiger partial charge in [-0.15, -0.1) is 0 Å². The van der Waals surface area contributed by atoms with Crippen molar-refractivity contribution >= 4 is 11.6 Å². The number of unbranched alkanes of at least 4 members (excludes halogenated alkanes) is 1. The van der Waals surface area contributed by atoms with E-state index < -0.39 is 0 Å². The van der Waals surface area contributed by atoms with Gasteiger partial charge in [0.05, 0.1) is 6.61 Å². The minimum Gasteiger partial charge on any atom is -0.493 e. The first-order valence-electron chi connectivity index (χ1n) is 6.69. The van der Waals surface area contributed by atoms with Gasteiger partial charge in [-0.1, -0.05) is 31.5 Å². The van der Waals surface area contributed by atoms with Gasteiger partial charge in [-0.3, -0.25) is 0 Å². The molecule has 0 saturated carbocycles. The highest BCUT2D eigenvalue weighted by atomic mass is 35.5. The number of aryl methyl sites for hydroxylation is 1. The third-order valence-electron chi connectivity index (χ3n) is 2.71. The van der Waals surface area contributed by atoms with Crippen molar-refractivity contribution in [1.82, 2.24) is 5.32 Å². The summed E-state index contributed by atoms with van der Waals surface area (Å²) in [6.07, 6.45) is 2.21. The Morgan fingerprint density at radius 3 is 2.78 bits per heavy atom. The second-order valence-electron chi connectivity index (χ2n) is 5.06. The fourth-order valence-corrected chi connectivity index (χ4v) is 1.82. The lowest BCUT2D eigenvalue weighted by Gasteiger charge is -2.10. The predicted molar refractivity (Wildman–Crippen MR) is 78.6 cm³/mol. The molecule has 0 aliphatic rings. The van der Waals surface area contributed by atoms with E-state index in [1.807, 2.05) is 25.1 Å². The van der Waals surface area contributed by atoms with E-state index in [-0.39, 0.29) is 0 Å². The number of nitrogens with one attached hydrogen (secondary N) is 1. The molecule has 2 nitrogen and oxygen atoms in total. The molecule has 1 aromatic rings. The molecule has 102 valence electrons. The molecule has 0 radical (unpaired) electrons. The average molecular weight is 270 g/mol. The van der Waals surface area contributed by atoms with Crippen molar-refractivity contribution in [2.45, 2.75) is 33.6 Å². The van der Waals surface area contributed by atoms with Crippen molar-refractivity contribution in [2.75, 3.05) is 19.7 Å². The third-order valence-corrected chi connectivity index (χ3v) is 2.94. The molecule has 1 rings (SSSR count). The molecule has 0 atom stereocenters. The van der Waals surface area contributed by atoms with Gasteiger partial charge < -0.3 is 10.1 Å². The first-order chi connectivity index (χ1) is 8.59. The quantitative estimate of drug-likeness (QED) is 0.719. The molecule has 3 heteroatoms. The number of benzene rings is 1. The van der Waals surface area contributed by atoms with Crippen molar-refractivity contribution in [3.05, 3.63) is 28.8 Å². The van der Waals surface area contributed by atoms with E-state index in [4.69, 9.17) is 16.3 Å². The number of ether oxygens (including phenoxy) is 1. The number of halogens is 1. The maximum atomic E-state index is 5.94. The number of hydrogen-bond donors (Lipinski definition) is 1. The third kappa shape index (κ3) is 6.27. The zero-order valence-corrected chi connectivity index (χ0v) is 12.4. The predicted octanol–water partition coefficient (Wildman–Crippen LogP) is 4.05. The molecule has 0 aliphatic heterocycles. The van der Waals surface area contributed by atoms with Gasteiger partial charge in [0.15, 0.2) is 0 Å². The standard InChI is InChI=1S/C15H24ClNO/c1-12(2)11-17-8-4-5-9-18-15-10-14(16)7-6-13(15)3/h6-7,10,12,17H,4-5,8-9,11H2,1-3H3. The highest BCUT2D eigenvalue weighted by Crippen LogP contribution is 2.22. The van der Waals surface area contributed by atoms with Crippen molar-refractivity contribution in [3.8, 4) is 5.75 Å². The van der Waals surface area contributed by atoms with Gasteiger partial charge in [-0.2, -0.15) is 0 Å². The van der Waals surface area contributed by atoms with Crippen LogP contribution in [0.5, 0.6) is 5.75 Å². The lowest BCUT2D eigenvalue weighted by atomic mass is 10.2. The van der Waals surface area contributed by atoms with Gasteiger partial charge in [0, 0.05) is 5.02 Å². The smallest absolute Gasteiger partial charge is 0.123 e. The summed E-state index contributed by atoms with van der Waals surface area (Å²) in [5, 5.41) is 4.16. The Morgan fingerprint density at radius 1 is 1.28 bits per heavy atom. The highest BCUT2D eigenvalue weighted by molar-refractivity contribution is 6.30. The Morgan fingerprint density at radius 2 is 2.06 bits per heavy atom. The van der Waals surface area contributed by atoms with Crippen LogP contribution in [0.3, 0.4) is 0 Å². The molecule has 0 amide bonds. The van der Waals surface area contributed by atoms with Crippen LogP contribution in [0.25, 0.3) is 0 Å². The van der Waals surface area contributed by atoms with E-state index in [0.717, 1.165) is 54.8 Å². The van der Waals surface area contributed by atoms with Crippen LogP contribution in [0.1, 0.15) is 32.3 Å². The second kappa shape index (κ2) is 8.39. The molecule has 1 N–H and O–H groups in total. The molecule has 0 fully saturated rings. The van der Waals surface area contributed by atoms with Gasteiger partial charge in [-0.25, -0.2) is 0 Å². The van der Waals surface area contributed by atoms with Crippen LogP contribution in [0.4, 0.5) is 0 Å². The molecule has 1 aromatic carbocycles. The lowest BCUT2D eigenvalue weighted by Crippen LogP contribution is -2.21. The first kappa shape index (κ1) is 15.3. The van der Waals surface area contributed by atoms with E-state index in [0.29, 0.717) is 0 Å². The minimum absolute atomic E-state index is 0.718. The Bertz CT molecular complexity index is 352. The molecule has 18 heavy (non-hydrogen) atoms. The maximum absolute atomic E-state index is 5.94. The molecule has 0 saturated heterocycles. The van der Waals surface area contributed by atoms with E-state index >= 15 is 0 Å². The van der Waals surface area contributed by atoms with Gasteiger partial charge in [0.1, 0.15) is 5.75 Å². The Kier molecular flexibility index (Phi) is 7.14. The molecular formula is C15H24ClNO. The van der Waals surface area contributed by atoms with Crippen molar-refractivity contribution in [2.24, 2.45) is 5.92 Å². The topological polar surface area (TPSA) is 21.3 Å². The molecular weight excluding hydrogens is 246 g/mol. The van der Waals surface area contributed by atoms with E-state index in [9.17, 15) is 0 Å². The van der Waals surface area contributed by atoms with Crippen LogP contribution in [0.15, 0.2) is 18.2 Å². The summed E-state index contributed by atoms with van der Waals surface area (Å²) in [4.78, 5) is 0. The summed E-state index contributed by atoms with van der Waals surface area (Å²) < 4.78 is 5.73. The van der Waals surface area contributed by atoms with Crippen LogP contribution in [-0.2, 0) is 0 Å². The molecule has 0 unspecified atom stereocenters. The van der Waals surface area contributed by atoms with Gasteiger partial charge in [0.25, 0.3) is 0 Å². The van der Waals surface area contributed by atoms with Gasteiger partial charge in [0.2, 0.25) is 0 Å². The zero-order chi connectivity index (χ0) is 13.4. The fourth-order valence-electron chi connectivity index (χ4n) is 1.65. The van der Waals surface area contributed by atoms with Gasteiger partial charge >= 0.3 is 0 Å². The normalized spacial score (nSPS) is 10.9. The van der Waals surface area contributed by atoms with Crippen LogP contribution >= 0.6 is 11.6 Å². The summed E-state index contributed by atoms with van der Waals surface area (Å²) in [7, 11) is 0. The van der Waals surface area contributed by atoms with Crippen LogP contribution in [0, 0.1) is 12.8 Å². The Hall–Kier alpha value is -0.730. The SMILES string of the molecule is Cc1ccc(Cl)cc1OCCCCNCC(C)C. The second-order valence-corrected chi connectivity index (χ2v) is 5.50. The summed E-state index contributed by atoms with van der Waals surface area (Å²) in [6.45, 7) is 9.39. The lowest BCUT2D eigenvalue weighted by molar-refractivity contribution is 0.303. The molecule has 0 aromatic heterocycles. The number of rotatable bonds is 8. The van der Waals surface area contributed by atoms with E-state index in [1.54, 1.807) is 0 Å². The van der Waals surface area contributed by atoms with Crippen molar-refractivity contribution < 1.29 is 4.74 Å². The van der Waals surface area contributed by atoms with E-state index in [1.165, 1.54) is 0 Å². The highest BCUT2D eigenvalue weighted by Gasteiger charge is 2.00. The first-order valence-corrected chi connectivity index (χ1v) is 7.07. The summed E-state index contributed by atoms with van der Waals surface area (Å²) in [5.74, 6) is 1.62. The number of hydrogen-bond acceptors (Lipinski definition) is 2. The largest absolute Gasteiger partial charge is 0.493 e. The molecule has 0 heterocycles. The van der Waals surface area contributed by atoms with Crippen LogP contribution in [0.2, 0.25) is 5.02 Å². The van der Waals surface area contributed by atoms with Gasteiger partial charge in [-0.05, 0) is 56.5 Å².